The molecule has 1 atom stereocenters. The number of carbonyl (C=O) groups excluding carboxylic acids is 1. The van der Waals surface area contributed by atoms with Gasteiger partial charge in [-0.1, -0.05) is 54.6 Å². The maximum absolute atomic E-state index is 13.2. The first-order valence-corrected chi connectivity index (χ1v) is 12.3. The third-order valence-corrected chi connectivity index (χ3v) is 6.93. The molecule has 0 bridgehead atoms. The fraction of sp³-hybridized carbons (Fsp3) is 0.240. The van der Waals surface area contributed by atoms with Crippen molar-refractivity contribution in [2.24, 2.45) is 0 Å². The monoisotopic (exact) mass is 466 g/mol. The van der Waals surface area contributed by atoms with E-state index < -0.39 is 22.0 Å². The summed E-state index contributed by atoms with van der Waals surface area (Å²) in [5, 5.41) is 2.78. The quantitative estimate of drug-likeness (QED) is 0.515. The number of hydrogen-bond acceptors (Lipinski definition) is 5. The first-order chi connectivity index (χ1) is 15.9. The Kier molecular flexibility index (Phi) is 6.84. The van der Waals surface area contributed by atoms with E-state index in [-0.39, 0.29) is 25.4 Å². The van der Waals surface area contributed by atoms with Crippen LogP contribution in [0, 0.1) is 6.92 Å². The SMILES string of the molecule is Cc1cccc(OCCNC(=O)[C@@H]2CN(S(=O)(=O)Cc3ccccc3)c3ccccc3O2)c1. The van der Waals surface area contributed by atoms with Crippen LogP contribution < -0.4 is 19.1 Å². The van der Waals surface area contributed by atoms with Gasteiger partial charge >= 0.3 is 0 Å². The summed E-state index contributed by atoms with van der Waals surface area (Å²) in [5.74, 6) is 0.528. The Balaban J connectivity index is 1.42. The van der Waals surface area contributed by atoms with Gasteiger partial charge in [-0.3, -0.25) is 9.10 Å². The largest absolute Gasteiger partial charge is 0.492 e. The van der Waals surface area contributed by atoms with Crippen molar-refractivity contribution in [2.75, 3.05) is 24.0 Å². The zero-order valence-electron chi connectivity index (χ0n) is 18.3. The molecule has 1 N–H and O–H groups in total. The molecule has 3 aromatic carbocycles. The number of para-hydroxylation sites is 2. The number of nitrogens with zero attached hydrogens (tertiary/aromatic N) is 1. The standard InChI is InChI=1S/C25H26N2O5S/c1-19-8-7-11-21(16-19)31-15-14-26-25(28)24-17-27(22-12-5-6-13-23(22)32-24)33(29,30)18-20-9-3-2-4-10-20/h2-13,16,24H,14-15,17-18H2,1H3,(H,26,28)/t24-/m0/s1. The van der Waals surface area contributed by atoms with E-state index in [1.54, 1.807) is 48.5 Å². The Morgan fingerprint density at radius 1 is 1.06 bits per heavy atom. The zero-order chi connectivity index (χ0) is 23.3. The second kappa shape index (κ2) is 9.95. The molecule has 1 amide bonds. The minimum atomic E-state index is -3.73. The molecule has 33 heavy (non-hydrogen) atoms. The molecule has 0 aliphatic carbocycles. The van der Waals surface area contributed by atoms with Crippen molar-refractivity contribution in [2.45, 2.75) is 18.8 Å². The van der Waals surface area contributed by atoms with E-state index in [1.807, 2.05) is 37.3 Å². The smallest absolute Gasteiger partial charge is 0.263 e. The Hall–Kier alpha value is -3.52. The number of fused-ring (bicyclic) bond motifs is 1. The number of amides is 1. The maximum Gasteiger partial charge on any atom is 0.263 e. The molecule has 1 aliphatic rings. The second-order valence-corrected chi connectivity index (χ2v) is 9.70. The third-order valence-electron chi connectivity index (χ3n) is 5.21. The van der Waals surface area contributed by atoms with Crippen LogP contribution in [0.25, 0.3) is 0 Å². The number of carbonyl (C=O) groups is 1. The van der Waals surface area contributed by atoms with Gasteiger partial charge in [-0.2, -0.15) is 0 Å². The summed E-state index contributed by atoms with van der Waals surface area (Å²) in [7, 11) is -3.73. The number of nitrogens with one attached hydrogen (secondary N) is 1. The molecule has 3 aromatic rings. The zero-order valence-corrected chi connectivity index (χ0v) is 19.1. The lowest BCUT2D eigenvalue weighted by atomic mass is 10.2. The molecule has 0 aromatic heterocycles. The van der Waals surface area contributed by atoms with Crippen LogP contribution in [0.1, 0.15) is 11.1 Å². The minimum Gasteiger partial charge on any atom is -0.492 e. The molecule has 1 aliphatic heterocycles. The Morgan fingerprint density at radius 2 is 1.82 bits per heavy atom. The van der Waals surface area contributed by atoms with Crippen LogP contribution in [-0.4, -0.2) is 40.1 Å². The second-order valence-electron chi connectivity index (χ2n) is 7.80. The average Bonchev–Trinajstić information content (AvgIpc) is 2.81. The van der Waals surface area contributed by atoms with Crippen molar-refractivity contribution < 1.29 is 22.7 Å². The lowest BCUT2D eigenvalue weighted by Crippen LogP contribution is -2.51. The molecule has 0 radical (unpaired) electrons. The highest BCUT2D eigenvalue weighted by atomic mass is 32.2. The van der Waals surface area contributed by atoms with Gasteiger partial charge in [0.15, 0.2) is 6.10 Å². The summed E-state index contributed by atoms with van der Waals surface area (Å²) in [6, 6.07) is 23.5. The number of hydrogen-bond donors (Lipinski definition) is 1. The average molecular weight is 467 g/mol. The highest BCUT2D eigenvalue weighted by Gasteiger charge is 2.36. The topological polar surface area (TPSA) is 84.9 Å². The first-order valence-electron chi connectivity index (χ1n) is 10.7. The Labute approximate surface area is 194 Å². The number of anilines is 1. The van der Waals surface area contributed by atoms with Gasteiger partial charge in [-0.15, -0.1) is 0 Å². The van der Waals surface area contributed by atoms with E-state index >= 15 is 0 Å². The number of rotatable bonds is 8. The van der Waals surface area contributed by atoms with Crippen LogP contribution in [-0.2, 0) is 20.6 Å². The highest BCUT2D eigenvalue weighted by Crippen LogP contribution is 2.35. The van der Waals surface area contributed by atoms with Gasteiger partial charge in [0.05, 0.1) is 24.5 Å². The van der Waals surface area contributed by atoms with Gasteiger partial charge < -0.3 is 14.8 Å². The van der Waals surface area contributed by atoms with Crippen LogP contribution in [0.2, 0.25) is 0 Å². The van der Waals surface area contributed by atoms with Gasteiger partial charge in [-0.05, 0) is 42.3 Å². The van der Waals surface area contributed by atoms with Crippen molar-refractivity contribution in [1.82, 2.24) is 5.32 Å². The summed E-state index contributed by atoms with van der Waals surface area (Å²) >= 11 is 0. The van der Waals surface area contributed by atoms with Crippen LogP contribution in [0.5, 0.6) is 11.5 Å². The van der Waals surface area contributed by atoms with E-state index in [0.717, 1.165) is 11.3 Å². The summed E-state index contributed by atoms with van der Waals surface area (Å²) in [5.41, 5.74) is 2.19. The molecule has 0 fully saturated rings. The van der Waals surface area contributed by atoms with E-state index in [9.17, 15) is 13.2 Å². The Morgan fingerprint density at radius 3 is 2.61 bits per heavy atom. The Bertz CT molecular complexity index is 1210. The molecule has 0 saturated carbocycles. The molecule has 4 rings (SSSR count). The minimum absolute atomic E-state index is 0.100. The maximum atomic E-state index is 13.2. The van der Waals surface area contributed by atoms with Gasteiger partial charge in [0.1, 0.15) is 18.1 Å². The number of aryl methyl sites for hydroxylation is 1. The molecule has 1 heterocycles. The number of benzene rings is 3. The molecular weight excluding hydrogens is 440 g/mol. The van der Waals surface area contributed by atoms with Crippen molar-refractivity contribution >= 4 is 21.6 Å². The first kappa shape index (κ1) is 22.7. The van der Waals surface area contributed by atoms with Crippen LogP contribution in [0.15, 0.2) is 78.9 Å². The van der Waals surface area contributed by atoms with Crippen molar-refractivity contribution in [1.29, 1.82) is 0 Å². The normalized spacial score (nSPS) is 15.3. The lowest BCUT2D eigenvalue weighted by Gasteiger charge is -2.34. The van der Waals surface area contributed by atoms with Crippen molar-refractivity contribution in [3.8, 4) is 11.5 Å². The fourth-order valence-corrected chi connectivity index (χ4v) is 5.21. The molecule has 172 valence electrons. The van der Waals surface area contributed by atoms with Gasteiger partial charge in [0, 0.05) is 0 Å². The van der Waals surface area contributed by atoms with Gasteiger partial charge in [0.25, 0.3) is 5.91 Å². The van der Waals surface area contributed by atoms with Crippen LogP contribution in [0.4, 0.5) is 5.69 Å². The predicted molar refractivity (Wildman–Crippen MR) is 127 cm³/mol. The fourth-order valence-electron chi connectivity index (χ4n) is 3.63. The van der Waals surface area contributed by atoms with E-state index in [2.05, 4.69) is 5.32 Å². The van der Waals surface area contributed by atoms with Gasteiger partial charge in [0.2, 0.25) is 10.0 Å². The number of ether oxygens (including phenoxy) is 2. The van der Waals surface area contributed by atoms with E-state index in [4.69, 9.17) is 9.47 Å². The molecule has 7 nitrogen and oxygen atoms in total. The molecule has 8 heteroatoms. The highest BCUT2D eigenvalue weighted by molar-refractivity contribution is 7.92. The number of sulfonamides is 1. The van der Waals surface area contributed by atoms with Crippen LogP contribution >= 0.6 is 0 Å². The van der Waals surface area contributed by atoms with E-state index in [0.29, 0.717) is 17.0 Å². The summed E-state index contributed by atoms with van der Waals surface area (Å²) in [4.78, 5) is 12.8. The summed E-state index contributed by atoms with van der Waals surface area (Å²) in [6.07, 6.45) is -0.968. The van der Waals surface area contributed by atoms with Gasteiger partial charge in [-0.25, -0.2) is 8.42 Å². The summed E-state index contributed by atoms with van der Waals surface area (Å²) < 4.78 is 39.3. The predicted octanol–water partition coefficient (Wildman–Crippen LogP) is 3.29. The van der Waals surface area contributed by atoms with Crippen molar-refractivity contribution in [3.63, 3.8) is 0 Å². The van der Waals surface area contributed by atoms with Crippen LogP contribution in [0.3, 0.4) is 0 Å². The lowest BCUT2D eigenvalue weighted by molar-refractivity contribution is -0.127. The third kappa shape index (κ3) is 5.64. The molecule has 0 spiro atoms. The molecule has 0 unspecified atom stereocenters. The van der Waals surface area contributed by atoms with Crippen molar-refractivity contribution in [3.05, 3.63) is 90.0 Å². The molecular formula is C25H26N2O5S. The molecule has 0 saturated heterocycles. The summed E-state index contributed by atoms with van der Waals surface area (Å²) in [6.45, 7) is 2.43. The van der Waals surface area contributed by atoms with E-state index in [1.165, 1.54) is 4.31 Å².